The molecule has 0 spiro atoms. The highest BCUT2D eigenvalue weighted by Crippen LogP contribution is 2.33. The van der Waals surface area contributed by atoms with Crippen LogP contribution in [0.3, 0.4) is 0 Å². The Hall–Kier alpha value is -2.49. The summed E-state index contributed by atoms with van der Waals surface area (Å²) in [4.78, 5) is 27.6. The van der Waals surface area contributed by atoms with Crippen LogP contribution >= 0.6 is 23.2 Å². The summed E-state index contributed by atoms with van der Waals surface area (Å²) in [5.41, 5.74) is 0.732. The highest BCUT2D eigenvalue weighted by molar-refractivity contribution is 7.92. The van der Waals surface area contributed by atoms with E-state index < -0.39 is 28.5 Å². The average molecular weight is 530 g/mol. The third-order valence-electron chi connectivity index (χ3n) is 4.99. The Morgan fingerprint density at radius 3 is 2.29 bits per heavy atom. The fourth-order valence-electron chi connectivity index (χ4n) is 3.25. The summed E-state index contributed by atoms with van der Waals surface area (Å²) in [7, 11) is -2.54. The Labute approximate surface area is 210 Å². The first-order valence-electron chi connectivity index (χ1n) is 10.5. The zero-order chi connectivity index (χ0) is 25.6. The van der Waals surface area contributed by atoms with Gasteiger partial charge >= 0.3 is 0 Å². The molecule has 0 aliphatic carbocycles. The smallest absolute Gasteiger partial charge is 0.244 e. The van der Waals surface area contributed by atoms with Crippen molar-refractivity contribution in [2.45, 2.75) is 39.4 Å². The number of halogens is 2. The summed E-state index contributed by atoms with van der Waals surface area (Å²) in [6.45, 7) is 4.63. The van der Waals surface area contributed by atoms with Crippen molar-refractivity contribution in [2.24, 2.45) is 0 Å². The van der Waals surface area contributed by atoms with E-state index in [-0.39, 0.29) is 35.0 Å². The number of amides is 2. The van der Waals surface area contributed by atoms with Crippen LogP contribution in [0.1, 0.15) is 26.3 Å². The minimum atomic E-state index is -3.92. The molecule has 0 aliphatic heterocycles. The van der Waals surface area contributed by atoms with Gasteiger partial charge in [0.05, 0.1) is 19.1 Å². The molecule has 1 atom stereocenters. The maximum atomic E-state index is 13.5. The predicted molar refractivity (Wildman–Crippen MR) is 135 cm³/mol. The van der Waals surface area contributed by atoms with E-state index in [9.17, 15) is 18.0 Å². The molecule has 0 bridgehead atoms. The molecule has 186 valence electrons. The number of carbonyl (C=O) groups excluding carboxylic acids is 2. The molecule has 0 radical (unpaired) electrons. The Balaban J connectivity index is 2.48. The van der Waals surface area contributed by atoms with E-state index in [1.54, 1.807) is 37.3 Å². The van der Waals surface area contributed by atoms with E-state index in [1.165, 1.54) is 24.1 Å². The van der Waals surface area contributed by atoms with Gasteiger partial charge in [-0.3, -0.25) is 13.9 Å². The first kappa shape index (κ1) is 27.8. The summed E-state index contributed by atoms with van der Waals surface area (Å²) in [5, 5.41) is 3.48. The van der Waals surface area contributed by atoms with Crippen LogP contribution in [0.2, 0.25) is 10.0 Å². The van der Waals surface area contributed by atoms with Gasteiger partial charge < -0.3 is 15.0 Å². The van der Waals surface area contributed by atoms with Crippen molar-refractivity contribution < 1.29 is 22.7 Å². The number of methoxy groups -OCH3 is 1. The number of carbonyl (C=O) groups is 2. The molecule has 8 nitrogen and oxygen atoms in total. The quantitative estimate of drug-likeness (QED) is 0.506. The van der Waals surface area contributed by atoms with E-state index in [1.807, 2.05) is 13.8 Å². The van der Waals surface area contributed by atoms with Crippen molar-refractivity contribution in [3.8, 4) is 5.75 Å². The molecule has 0 fully saturated rings. The van der Waals surface area contributed by atoms with E-state index in [0.717, 1.165) is 10.6 Å². The maximum absolute atomic E-state index is 13.5. The summed E-state index contributed by atoms with van der Waals surface area (Å²) in [6.07, 6.45) is 0.980. The molecule has 0 unspecified atom stereocenters. The molecule has 2 amide bonds. The van der Waals surface area contributed by atoms with Crippen LogP contribution in [0.15, 0.2) is 42.5 Å². The average Bonchev–Trinajstić information content (AvgIpc) is 2.75. The van der Waals surface area contributed by atoms with Crippen LogP contribution < -0.4 is 14.4 Å². The molecule has 2 aromatic carbocycles. The molecule has 1 N–H and O–H groups in total. The van der Waals surface area contributed by atoms with Gasteiger partial charge in [0.2, 0.25) is 21.8 Å². The van der Waals surface area contributed by atoms with Gasteiger partial charge in [-0.15, -0.1) is 0 Å². The van der Waals surface area contributed by atoms with Gasteiger partial charge in [0.25, 0.3) is 0 Å². The molecule has 0 saturated carbocycles. The summed E-state index contributed by atoms with van der Waals surface area (Å²) in [6, 6.07) is 10.4. The largest absolute Gasteiger partial charge is 0.495 e. The second-order valence-corrected chi connectivity index (χ2v) is 10.8. The summed E-state index contributed by atoms with van der Waals surface area (Å²) >= 11 is 12.4. The Kier molecular flexibility index (Phi) is 9.61. The second-order valence-electron chi connectivity index (χ2n) is 8.04. The van der Waals surface area contributed by atoms with Crippen molar-refractivity contribution in [3.63, 3.8) is 0 Å². The first-order valence-corrected chi connectivity index (χ1v) is 13.1. The van der Waals surface area contributed by atoms with Gasteiger partial charge in [-0.25, -0.2) is 8.42 Å². The zero-order valence-corrected chi connectivity index (χ0v) is 22.0. The third kappa shape index (κ3) is 7.25. The van der Waals surface area contributed by atoms with Crippen molar-refractivity contribution in [1.29, 1.82) is 0 Å². The van der Waals surface area contributed by atoms with E-state index in [2.05, 4.69) is 5.32 Å². The predicted octanol–water partition coefficient (Wildman–Crippen LogP) is 3.71. The lowest BCUT2D eigenvalue weighted by Crippen LogP contribution is -2.52. The number of nitrogens with one attached hydrogen (secondary N) is 1. The van der Waals surface area contributed by atoms with Gasteiger partial charge in [0.15, 0.2) is 0 Å². The number of sulfonamides is 1. The monoisotopic (exact) mass is 529 g/mol. The molecule has 11 heteroatoms. The number of anilines is 1. The van der Waals surface area contributed by atoms with Gasteiger partial charge in [-0.2, -0.15) is 0 Å². The van der Waals surface area contributed by atoms with Crippen LogP contribution in [0.4, 0.5) is 5.69 Å². The molecule has 0 aliphatic rings. The highest BCUT2D eigenvalue weighted by atomic mass is 35.5. The minimum Gasteiger partial charge on any atom is -0.495 e. The number of hydrogen-bond donors (Lipinski definition) is 1. The molecular weight excluding hydrogens is 501 g/mol. The molecule has 2 aromatic rings. The fraction of sp³-hybridized carbons (Fsp3) is 0.391. The normalized spacial score (nSPS) is 12.2. The molecule has 0 saturated heterocycles. The molecule has 34 heavy (non-hydrogen) atoms. The lowest BCUT2D eigenvalue weighted by Gasteiger charge is -2.32. The number of nitrogens with zero attached hydrogens (tertiary/aromatic N) is 2. The van der Waals surface area contributed by atoms with Crippen molar-refractivity contribution >= 4 is 50.7 Å². The highest BCUT2D eigenvalue weighted by Gasteiger charge is 2.31. The number of rotatable bonds is 10. The van der Waals surface area contributed by atoms with Gasteiger partial charge in [0, 0.05) is 22.6 Å². The van der Waals surface area contributed by atoms with E-state index in [4.69, 9.17) is 27.9 Å². The minimum absolute atomic E-state index is 0.00940. The third-order valence-corrected chi connectivity index (χ3v) is 6.72. The molecule has 0 aromatic heterocycles. The number of ether oxygens (including phenoxy) is 1. The lowest BCUT2D eigenvalue weighted by molar-refractivity contribution is -0.139. The lowest BCUT2D eigenvalue weighted by atomic mass is 10.1. The van der Waals surface area contributed by atoms with Crippen LogP contribution in [-0.2, 0) is 26.2 Å². The second kappa shape index (κ2) is 11.8. The van der Waals surface area contributed by atoms with Crippen LogP contribution in [0.25, 0.3) is 0 Å². The first-order chi connectivity index (χ1) is 15.8. The van der Waals surface area contributed by atoms with Crippen molar-refractivity contribution in [3.05, 3.63) is 58.1 Å². The summed E-state index contributed by atoms with van der Waals surface area (Å²) in [5.74, 6) is -0.744. The number of hydrogen-bond acceptors (Lipinski definition) is 5. The zero-order valence-electron chi connectivity index (χ0n) is 19.7. The number of benzene rings is 2. The Morgan fingerprint density at radius 2 is 1.74 bits per heavy atom. The SMILES string of the molecule is COc1ccc(Cl)cc1N(CC(=O)N(Cc1ccccc1Cl)[C@@H](C)C(=O)NC(C)C)S(C)(=O)=O. The van der Waals surface area contributed by atoms with Crippen molar-refractivity contribution in [1.82, 2.24) is 10.2 Å². The Bertz CT molecular complexity index is 1140. The van der Waals surface area contributed by atoms with E-state index >= 15 is 0 Å². The van der Waals surface area contributed by atoms with E-state index in [0.29, 0.717) is 10.6 Å². The van der Waals surface area contributed by atoms with Gasteiger partial charge in [-0.05, 0) is 50.6 Å². The van der Waals surface area contributed by atoms with Gasteiger partial charge in [0.1, 0.15) is 18.3 Å². The van der Waals surface area contributed by atoms with Crippen LogP contribution in [-0.4, -0.2) is 57.1 Å². The van der Waals surface area contributed by atoms with Crippen LogP contribution in [0.5, 0.6) is 5.75 Å². The Morgan fingerprint density at radius 1 is 1.09 bits per heavy atom. The fourth-order valence-corrected chi connectivity index (χ4v) is 4.46. The van der Waals surface area contributed by atoms with Crippen molar-refractivity contribution in [2.75, 3.05) is 24.2 Å². The summed E-state index contributed by atoms with van der Waals surface area (Å²) < 4.78 is 31.6. The van der Waals surface area contributed by atoms with Crippen LogP contribution in [0, 0.1) is 0 Å². The van der Waals surface area contributed by atoms with Gasteiger partial charge in [-0.1, -0.05) is 41.4 Å². The molecule has 2 rings (SSSR count). The standard InChI is InChI=1S/C23H29Cl2N3O5S/c1-15(2)26-23(30)16(3)27(13-17-8-6-7-9-19(17)25)22(29)14-28(34(5,31)32)20-12-18(24)10-11-21(20)33-4/h6-12,15-16H,13-14H2,1-5H3,(H,26,30)/t16-/m0/s1. The molecule has 0 heterocycles. The maximum Gasteiger partial charge on any atom is 0.244 e. The topological polar surface area (TPSA) is 96.0 Å². The molecular formula is C23H29Cl2N3O5S.